The third kappa shape index (κ3) is 5.54. The van der Waals surface area contributed by atoms with Crippen LogP contribution in [0.2, 0.25) is 5.02 Å². The number of halogens is 9. The predicted octanol–water partition coefficient (Wildman–Crippen LogP) is 7.39. The monoisotopic (exact) mass is 579 g/mol. The number of aromatic nitrogens is 1. The molecule has 0 atom stereocenters. The van der Waals surface area contributed by atoms with Crippen molar-refractivity contribution in [1.29, 1.82) is 0 Å². The van der Waals surface area contributed by atoms with E-state index < -0.39 is 63.1 Å². The number of amides is 2. The average molecular weight is 580 g/mol. The second kappa shape index (κ2) is 10.8. The van der Waals surface area contributed by atoms with Crippen LogP contribution in [0.15, 0.2) is 54.9 Å². The molecule has 0 spiro atoms. The maximum absolute atomic E-state index is 15.4. The van der Waals surface area contributed by atoms with E-state index in [1.807, 2.05) is 0 Å². The van der Waals surface area contributed by atoms with Crippen molar-refractivity contribution in [3.8, 4) is 0 Å². The van der Waals surface area contributed by atoms with Crippen molar-refractivity contribution in [2.75, 3.05) is 16.8 Å². The van der Waals surface area contributed by atoms with Gasteiger partial charge in [0.15, 0.2) is 5.82 Å². The molecular formula is C25H18ClF8N3O2. The average Bonchev–Trinajstić information content (AvgIpc) is 2.85. The molecule has 3 rings (SSSR count). The van der Waals surface area contributed by atoms with E-state index >= 15 is 4.39 Å². The van der Waals surface area contributed by atoms with Crippen LogP contribution < -0.4 is 10.2 Å². The molecule has 14 heteroatoms. The smallest absolute Gasteiger partial charge is 0.320 e. The molecule has 0 saturated carbocycles. The van der Waals surface area contributed by atoms with Crippen molar-refractivity contribution in [3.63, 3.8) is 0 Å². The zero-order valence-electron chi connectivity index (χ0n) is 20.0. The molecule has 0 aliphatic heterocycles. The normalized spacial score (nSPS) is 12.3. The molecule has 0 aliphatic carbocycles. The lowest BCUT2D eigenvalue weighted by atomic mass is 9.92. The van der Waals surface area contributed by atoms with Gasteiger partial charge in [-0.3, -0.25) is 14.6 Å². The van der Waals surface area contributed by atoms with Crippen LogP contribution in [-0.4, -0.2) is 35.7 Å². The number of benzene rings is 2. The minimum atomic E-state index is -6.37. The van der Waals surface area contributed by atoms with Gasteiger partial charge in [-0.15, -0.1) is 0 Å². The van der Waals surface area contributed by atoms with E-state index in [0.29, 0.717) is 0 Å². The maximum Gasteiger partial charge on any atom is 0.435 e. The van der Waals surface area contributed by atoms with Crippen molar-refractivity contribution < 1.29 is 44.7 Å². The van der Waals surface area contributed by atoms with Gasteiger partial charge in [0.2, 0.25) is 0 Å². The van der Waals surface area contributed by atoms with Gasteiger partial charge < -0.3 is 10.2 Å². The molecule has 0 aliphatic rings. The summed E-state index contributed by atoms with van der Waals surface area (Å²) in [5, 5.41) is 1.28. The summed E-state index contributed by atoms with van der Waals surface area (Å²) in [4.78, 5) is 30.6. The number of anilines is 2. The van der Waals surface area contributed by atoms with Gasteiger partial charge >= 0.3 is 18.0 Å². The van der Waals surface area contributed by atoms with E-state index in [-0.39, 0.29) is 29.9 Å². The number of carbonyl (C=O) groups is 2. The SMILES string of the molecule is CCN(C(=O)c1ccncc1)c1cccc(C(=O)Nc2c(C)cc(C(F)(C(F)(F)F)C(F)(F)F)cc2Cl)c1F. The molecular weight excluding hydrogens is 562 g/mol. The van der Waals surface area contributed by atoms with Crippen LogP contribution >= 0.6 is 11.6 Å². The Morgan fingerprint density at radius 2 is 1.56 bits per heavy atom. The molecule has 0 fully saturated rings. The van der Waals surface area contributed by atoms with E-state index in [4.69, 9.17) is 11.6 Å². The largest absolute Gasteiger partial charge is 0.435 e. The summed E-state index contributed by atoms with van der Waals surface area (Å²) < 4.78 is 109. The van der Waals surface area contributed by atoms with Crippen molar-refractivity contribution in [1.82, 2.24) is 4.98 Å². The van der Waals surface area contributed by atoms with E-state index in [0.717, 1.165) is 17.9 Å². The summed E-state index contributed by atoms with van der Waals surface area (Å²) in [5.74, 6) is -2.92. The molecule has 0 saturated heterocycles. The number of rotatable bonds is 6. The van der Waals surface area contributed by atoms with Gasteiger partial charge in [-0.1, -0.05) is 23.7 Å². The summed E-state index contributed by atoms with van der Waals surface area (Å²) in [7, 11) is 0. The van der Waals surface area contributed by atoms with E-state index in [1.54, 1.807) is 6.92 Å². The zero-order chi connectivity index (χ0) is 29.3. The second-order valence-corrected chi connectivity index (χ2v) is 8.59. The number of hydrogen-bond donors (Lipinski definition) is 1. The highest BCUT2D eigenvalue weighted by Crippen LogP contribution is 2.54. The fourth-order valence-electron chi connectivity index (χ4n) is 3.75. The Bertz CT molecular complexity index is 1360. The van der Waals surface area contributed by atoms with Crippen molar-refractivity contribution >= 4 is 34.8 Å². The van der Waals surface area contributed by atoms with E-state index in [9.17, 15) is 40.3 Å². The fraction of sp³-hybridized carbons (Fsp3) is 0.240. The molecule has 0 unspecified atom stereocenters. The van der Waals surface area contributed by atoms with Gasteiger partial charge in [0.25, 0.3) is 11.8 Å². The Morgan fingerprint density at radius 3 is 2.08 bits per heavy atom. The number of carbonyl (C=O) groups excluding carboxylic acids is 2. The lowest BCUT2D eigenvalue weighted by Crippen LogP contribution is -2.50. The van der Waals surface area contributed by atoms with Crippen LogP contribution in [0.25, 0.3) is 0 Å². The maximum atomic E-state index is 15.4. The Balaban J connectivity index is 1.98. The number of nitrogens with one attached hydrogen (secondary N) is 1. The van der Waals surface area contributed by atoms with Gasteiger partial charge in [-0.2, -0.15) is 26.3 Å². The fourth-order valence-corrected chi connectivity index (χ4v) is 4.06. The molecule has 1 heterocycles. The number of aryl methyl sites for hydroxylation is 1. The number of alkyl halides is 7. The summed E-state index contributed by atoms with van der Waals surface area (Å²) >= 11 is 5.86. The number of hydrogen-bond acceptors (Lipinski definition) is 3. The first-order valence-electron chi connectivity index (χ1n) is 11.0. The van der Waals surface area contributed by atoms with Crippen LogP contribution in [0.4, 0.5) is 46.5 Å². The molecule has 0 radical (unpaired) electrons. The first-order valence-corrected chi connectivity index (χ1v) is 11.4. The van der Waals surface area contributed by atoms with E-state index in [1.165, 1.54) is 36.7 Å². The van der Waals surface area contributed by atoms with Crippen LogP contribution in [0.3, 0.4) is 0 Å². The molecule has 0 bridgehead atoms. The zero-order valence-corrected chi connectivity index (χ0v) is 20.8. The van der Waals surface area contributed by atoms with Crippen molar-refractivity contribution in [2.45, 2.75) is 31.9 Å². The summed E-state index contributed by atoms with van der Waals surface area (Å²) in [6, 6.07) is 6.66. The molecule has 2 amide bonds. The highest BCUT2D eigenvalue weighted by Gasteiger charge is 2.73. The van der Waals surface area contributed by atoms with Gasteiger partial charge in [-0.25, -0.2) is 8.78 Å². The summed E-state index contributed by atoms with van der Waals surface area (Å²) in [5.41, 5.74) is -9.21. The molecule has 1 aromatic heterocycles. The molecule has 3 aromatic rings. The van der Waals surface area contributed by atoms with Gasteiger partial charge in [0.1, 0.15) is 0 Å². The third-order valence-corrected chi connectivity index (χ3v) is 6.01. The van der Waals surface area contributed by atoms with Gasteiger partial charge in [0, 0.05) is 30.1 Å². The van der Waals surface area contributed by atoms with Crippen LogP contribution in [-0.2, 0) is 5.67 Å². The van der Waals surface area contributed by atoms with E-state index in [2.05, 4.69) is 10.3 Å². The first kappa shape index (κ1) is 29.8. The number of pyridine rings is 1. The van der Waals surface area contributed by atoms with Crippen molar-refractivity contribution in [3.05, 3.63) is 88.0 Å². The molecule has 39 heavy (non-hydrogen) atoms. The Morgan fingerprint density at radius 1 is 0.974 bits per heavy atom. The molecule has 1 N–H and O–H groups in total. The topological polar surface area (TPSA) is 62.3 Å². The molecule has 5 nitrogen and oxygen atoms in total. The molecule has 2 aromatic carbocycles. The predicted molar refractivity (Wildman–Crippen MR) is 127 cm³/mol. The van der Waals surface area contributed by atoms with Crippen molar-refractivity contribution in [2.24, 2.45) is 0 Å². The lowest BCUT2D eigenvalue weighted by Gasteiger charge is -2.31. The second-order valence-electron chi connectivity index (χ2n) is 8.18. The first-order chi connectivity index (χ1) is 18.0. The summed E-state index contributed by atoms with van der Waals surface area (Å²) in [6.45, 7) is 2.54. The minimum Gasteiger partial charge on any atom is -0.320 e. The van der Waals surface area contributed by atoms with Crippen LogP contribution in [0.5, 0.6) is 0 Å². The highest BCUT2D eigenvalue weighted by atomic mass is 35.5. The Kier molecular flexibility index (Phi) is 8.25. The standard InChI is InChI=1S/C25H18ClF8N3O2/c1-3-37(22(39)14-7-9-35-10-8-14)18-6-4-5-16(19(18)27)21(38)36-20-13(2)11-15(12-17(20)26)23(28,24(29,30)31)25(32,33)34/h4-12H,3H2,1-2H3,(H,36,38). The third-order valence-electron chi connectivity index (χ3n) is 5.71. The molecule has 208 valence electrons. The Hall–Kier alpha value is -3.74. The van der Waals surface area contributed by atoms with Gasteiger partial charge in [-0.05, 0) is 49.7 Å². The van der Waals surface area contributed by atoms with Crippen LogP contribution in [0, 0.1) is 12.7 Å². The lowest BCUT2D eigenvalue weighted by molar-refractivity contribution is -0.348. The van der Waals surface area contributed by atoms with Gasteiger partial charge in [0.05, 0.1) is 22.0 Å². The summed E-state index contributed by atoms with van der Waals surface area (Å²) in [6.07, 6.45) is -10.0. The Labute approximate surface area is 221 Å². The quantitative estimate of drug-likeness (QED) is 0.310. The number of nitrogens with zero attached hydrogens (tertiary/aromatic N) is 2. The highest BCUT2D eigenvalue weighted by molar-refractivity contribution is 6.34. The minimum absolute atomic E-state index is 0.00105. The van der Waals surface area contributed by atoms with Crippen LogP contribution in [0.1, 0.15) is 38.8 Å².